The number of nitrogens with zero attached hydrogens (tertiary/aromatic N) is 2. The van der Waals surface area contributed by atoms with Crippen molar-refractivity contribution in [2.45, 2.75) is 18.7 Å². The largest absolute Gasteiger partial charge is 0.463 e. The number of hydrazone groups is 1. The van der Waals surface area contributed by atoms with Crippen molar-refractivity contribution in [3.8, 4) is 5.75 Å². The quantitative estimate of drug-likeness (QED) is 0.400. The molecule has 0 fully saturated rings. The van der Waals surface area contributed by atoms with Crippen LogP contribution in [0, 0.1) is 0 Å². The van der Waals surface area contributed by atoms with E-state index in [1.165, 1.54) is 0 Å². The van der Waals surface area contributed by atoms with Crippen LogP contribution in [-0.2, 0) is 0 Å². The number of rotatable bonds is 2. The number of ether oxygens (including phenoxy) is 1. The lowest BCUT2D eigenvalue weighted by molar-refractivity contribution is -0.0189. The van der Waals surface area contributed by atoms with Crippen LogP contribution in [0.3, 0.4) is 0 Å². The maximum absolute atomic E-state index is 6.49. The van der Waals surface area contributed by atoms with Gasteiger partial charge in [0.25, 0.3) is 0 Å². The van der Waals surface area contributed by atoms with Crippen LogP contribution in [0.2, 0.25) is 10.0 Å². The lowest BCUT2D eigenvalue weighted by Crippen LogP contribution is -2.33. The fourth-order valence-corrected chi connectivity index (χ4v) is 4.59. The molecule has 6 heteroatoms. The molecule has 0 spiro atoms. The van der Waals surface area contributed by atoms with E-state index in [4.69, 9.17) is 33.0 Å². The molecule has 3 aromatic carbocycles. The second-order valence-electron chi connectivity index (χ2n) is 6.84. The van der Waals surface area contributed by atoms with E-state index in [-0.39, 0.29) is 12.3 Å². The summed E-state index contributed by atoms with van der Waals surface area (Å²) >= 11 is 16.3. The Morgan fingerprint density at radius 1 is 1.00 bits per heavy atom. The van der Waals surface area contributed by atoms with Gasteiger partial charge in [-0.3, -0.25) is 0 Å². The lowest BCUT2D eigenvalue weighted by Gasteiger charge is -2.38. The number of halogens is 3. The van der Waals surface area contributed by atoms with Gasteiger partial charge in [-0.15, -0.1) is 0 Å². The fraction of sp³-hybridized carbons (Fsp3) is 0.136. The molecule has 3 aromatic rings. The van der Waals surface area contributed by atoms with Gasteiger partial charge in [-0.05, 0) is 29.8 Å². The Labute approximate surface area is 181 Å². The van der Waals surface area contributed by atoms with Gasteiger partial charge in [-0.1, -0.05) is 81.6 Å². The summed E-state index contributed by atoms with van der Waals surface area (Å²) < 4.78 is 7.39. The van der Waals surface area contributed by atoms with Gasteiger partial charge in [0.2, 0.25) is 6.23 Å². The van der Waals surface area contributed by atoms with Gasteiger partial charge < -0.3 is 4.74 Å². The van der Waals surface area contributed by atoms with Gasteiger partial charge in [0.05, 0.1) is 16.8 Å². The van der Waals surface area contributed by atoms with Gasteiger partial charge >= 0.3 is 0 Å². The van der Waals surface area contributed by atoms with Crippen LogP contribution in [0.25, 0.3) is 0 Å². The zero-order valence-corrected chi connectivity index (χ0v) is 17.7. The Balaban J connectivity index is 1.63. The predicted octanol–water partition coefficient (Wildman–Crippen LogP) is 7.00. The lowest BCUT2D eigenvalue weighted by atomic mass is 9.96. The summed E-state index contributed by atoms with van der Waals surface area (Å²) in [7, 11) is 0. The maximum Gasteiger partial charge on any atom is 0.213 e. The third-order valence-electron chi connectivity index (χ3n) is 5.07. The van der Waals surface area contributed by atoms with E-state index in [0.29, 0.717) is 15.8 Å². The molecule has 2 heterocycles. The normalized spacial score (nSPS) is 20.2. The molecule has 0 aliphatic carbocycles. The Kier molecular flexibility index (Phi) is 4.58. The number of fused-ring (bicyclic) bond motifs is 3. The zero-order chi connectivity index (χ0) is 19.3. The minimum Gasteiger partial charge on any atom is -0.463 e. The van der Waals surface area contributed by atoms with E-state index in [1.54, 1.807) is 6.07 Å². The van der Waals surface area contributed by atoms with Crippen molar-refractivity contribution in [3.05, 3.63) is 97.9 Å². The molecule has 2 atom stereocenters. The summed E-state index contributed by atoms with van der Waals surface area (Å²) in [5, 5.41) is 8.11. The fourth-order valence-electron chi connectivity index (χ4n) is 3.77. The zero-order valence-electron chi connectivity index (χ0n) is 14.6. The van der Waals surface area contributed by atoms with Gasteiger partial charge in [-0.25, -0.2) is 5.01 Å². The van der Waals surface area contributed by atoms with E-state index in [2.05, 4.69) is 28.1 Å². The van der Waals surface area contributed by atoms with Crippen LogP contribution in [0.1, 0.15) is 35.4 Å². The molecule has 0 unspecified atom stereocenters. The van der Waals surface area contributed by atoms with Crippen molar-refractivity contribution in [1.82, 2.24) is 5.01 Å². The average Bonchev–Trinajstić information content (AvgIpc) is 3.14. The van der Waals surface area contributed by atoms with Crippen LogP contribution in [0.15, 0.2) is 76.3 Å². The molecule has 5 rings (SSSR count). The smallest absolute Gasteiger partial charge is 0.213 e. The van der Waals surface area contributed by atoms with Crippen molar-refractivity contribution in [2.24, 2.45) is 5.10 Å². The molecule has 0 amide bonds. The summed E-state index contributed by atoms with van der Waals surface area (Å²) in [6.45, 7) is 0. The Morgan fingerprint density at radius 2 is 1.75 bits per heavy atom. The number of benzene rings is 3. The first-order chi connectivity index (χ1) is 13.6. The summed E-state index contributed by atoms with van der Waals surface area (Å²) in [5.41, 5.74) is 4.12. The molecule has 0 aromatic heterocycles. The van der Waals surface area contributed by atoms with Crippen molar-refractivity contribution in [1.29, 1.82) is 0 Å². The molecule has 28 heavy (non-hydrogen) atoms. The molecule has 3 nitrogen and oxygen atoms in total. The Bertz CT molecular complexity index is 1070. The highest BCUT2D eigenvalue weighted by atomic mass is 79.9. The maximum atomic E-state index is 6.49. The second kappa shape index (κ2) is 7.11. The van der Waals surface area contributed by atoms with Gasteiger partial charge in [0.15, 0.2) is 0 Å². The molecule has 0 radical (unpaired) electrons. The molecule has 140 valence electrons. The second-order valence-corrected chi connectivity index (χ2v) is 8.60. The van der Waals surface area contributed by atoms with Crippen molar-refractivity contribution in [3.63, 3.8) is 0 Å². The van der Waals surface area contributed by atoms with E-state index in [9.17, 15) is 0 Å². The SMILES string of the molecule is Clc1cc(Cl)c2c(c1)[C@H]1CC(c3ccc(Br)cc3)=NN1[C@H](c1ccccc1)O2. The summed E-state index contributed by atoms with van der Waals surface area (Å²) in [6, 6.07) is 22.0. The Morgan fingerprint density at radius 3 is 2.50 bits per heavy atom. The molecule has 0 saturated carbocycles. The third kappa shape index (κ3) is 3.10. The van der Waals surface area contributed by atoms with Crippen LogP contribution in [-0.4, -0.2) is 10.7 Å². The standard InChI is InChI=1S/C22H15BrCl2N2O/c23-15-8-6-13(7-9-15)19-12-20-17-10-16(24)11-18(25)21(17)28-22(27(20)26-19)14-4-2-1-3-5-14/h1-11,20,22H,12H2/t20-,22+/m1/s1. The summed E-state index contributed by atoms with van der Waals surface area (Å²) in [4.78, 5) is 0. The monoisotopic (exact) mass is 472 g/mol. The highest BCUT2D eigenvalue weighted by Gasteiger charge is 2.41. The van der Waals surface area contributed by atoms with Gasteiger partial charge in [0.1, 0.15) is 5.75 Å². The minimum absolute atomic E-state index is 0.0174. The first kappa shape index (κ1) is 18.0. The van der Waals surface area contributed by atoms with E-state index in [1.807, 2.05) is 53.5 Å². The molecule has 2 aliphatic rings. The number of hydrogen-bond donors (Lipinski definition) is 0. The van der Waals surface area contributed by atoms with Crippen LogP contribution in [0.4, 0.5) is 0 Å². The van der Waals surface area contributed by atoms with Gasteiger partial charge in [-0.2, -0.15) is 5.10 Å². The van der Waals surface area contributed by atoms with Crippen molar-refractivity contribution < 1.29 is 4.74 Å². The number of hydrogen-bond acceptors (Lipinski definition) is 3. The van der Waals surface area contributed by atoms with Crippen LogP contribution < -0.4 is 4.74 Å². The third-order valence-corrected chi connectivity index (χ3v) is 6.10. The molecule has 0 saturated heterocycles. The Hall–Kier alpha value is -2.01. The van der Waals surface area contributed by atoms with Gasteiger partial charge in [0, 0.05) is 27.0 Å². The topological polar surface area (TPSA) is 24.8 Å². The van der Waals surface area contributed by atoms with Crippen LogP contribution >= 0.6 is 39.1 Å². The molecule has 0 N–H and O–H groups in total. The summed E-state index contributed by atoms with van der Waals surface area (Å²) in [5.74, 6) is 0.688. The van der Waals surface area contributed by atoms with E-state index >= 15 is 0 Å². The van der Waals surface area contributed by atoms with Crippen molar-refractivity contribution >= 4 is 44.8 Å². The summed E-state index contributed by atoms with van der Waals surface area (Å²) in [6.07, 6.45) is 0.420. The molecule has 0 bridgehead atoms. The predicted molar refractivity (Wildman–Crippen MR) is 116 cm³/mol. The molecule has 2 aliphatic heterocycles. The minimum atomic E-state index is -0.342. The first-order valence-corrected chi connectivity index (χ1v) is 10.5. The van der Waals surface area contributed by atoms with Crippen molar-refractivity contribution in [2.75, 3.05) is 0 Å². The first-order valence-electron chi connectivity index (χ1n) is 8.92. The van der Waals surface area contributed by atoms with E-state index < -0.39 is 0 Å². The molecular formula is C22H15BrCl2N2O. The van der Waals surface area contributed by atoms with Crippen LogP contribution in [0.5, 0.6) is 5.75 Å². The molecular weight excluding hydrogens is 459 g/mol. The van der Waals surface area contributed by atoms with E-state index in [0.717, 1.165) is 33.3 Å². The average molecular weight is 474 g/mol. The highest BCUT2D eigenvalue weighted by molar-refractivity contribution is 9.10. The highest BCUT2D eigenvalue weighted by Crippen LogP contribution is 2.50.